The summed E-state index contributed by atoms with van der Waals surface area (Å²) in [5.74, 6) is -0.838. The van der Waals surface area contributed by atoms with Gasteiger partial charge >= 0.3 is 5.97 Å². The Balaban J connectivity index is 2.55. The number of carbonyl (C=O) groups is 2. The number of anilines is 1. The van der Waals surface area contributed by atoms with Gasteiger partial charge in [-0.25, -0.2) is 4.79 Å². The molecular formula is C15H19NO3. The lowest BCUT2D eigenvalue weighted by atomic mass is 10.1. The molecule has 1 aromatic rings. The normalized spacial score (nSPS) is 10.4. The molecule has 0 radical (unpaired) electrons. The van der Waals surface area contributed by atoms with E-state index in [9.17, 15) is 9.59 Å². The molecule has 1 N–H and O–H groups in total. The predicted molar refractivity (Wildman–Crippen MR) is 74.8 cm³/mol. The lowest BCUT2D eigenvalue weighted by molar-refractivity contribution is -0.137. The van der Waals surface area contributed by atoms with Crippen molar-refractivity contribution in [1.29, 1.82) is 0 Å². The van der Waals surface area contributed by atoms with Crippen LogP contribution >= 0.6 is 0 Å². The minimum absolute atomic E-state index is 0.339. The lowest BCUT2D eigenvalue weighted by Gasteiger charge is -2.07. The first-order valence-electron chi connectivity index (χ1n) is 6.41. The fourth-order valence-electron chi connectivity index (χ4n) is 1.52. The quantitative estimate of drug-likeness (QED) is 0.632. The second kappa shape index (κ2) is 8.08. The van der Waals surface area contributed by atoms with Gasteiger partial charge in [-0.2, -0.15) is 0 Å². The first kappa shape index (κ1) is 15.0. The maximum Gasteiger partial charge on any atom is 0.330 e. The van der Waals surface area contributed by atoms with Crippen molar-refractivity contribution >= 4 is 17.6 Å². The van der Waals surface area contributed by atoms with E-state index in [2.05, 4.69) is 5.32 Å². The van der Waals surface area contributed by atoms with E-state index >= 15 is 0 Å². The van der Waals surface area contributed by atoms with Crippen LogP contribution in [-0.4, -0.2) is 18.5 Å². The smallest absolute Gasteiger partial charge is 0.330 e. The van der Waals surface area contributed by atoms with Crippen LogP contribution in [0.25, 0.3) is 0 Å². The highest BCUT2D eigenvalue weighted by molar-refractivity contribution is 6.02. The third-order valence-electron chi connectivity index (χ3n) is 2.48. The molecule has 0 aromatic heterocycles. The van der Waals surface area contributed by atoms with Crippen molar-refractivity contribution in [3.63, 3.8) is 0 Å². The zero-order valence-electron chi connectivity index (χ0n) is 11.3. The number of hydrogen-bond donors (Lipinski definition) is 1. The first-order valence-corrected chi connectivity index (χ1v) is 6.41. The maximum absolute atomic E-state index is 11.7. The van der Waals surface area contributed by atoms with Crippen molar-refractivity contribution in [2.75, 3.05) is 11.9 Å². The molecule has 0 spiro atoms. The average molecular weight is 261 g/mol. The Kier molecular flexibility index (Phi) is 6.36. The summed E-state index contributed by atoms with van der Waals surface area (Å²) in [7, 11) is 0. The summed E-state index contributed by atoms with van der Waals surface area (Å²) in [6, 6.07) is 7.56. The van der Waals surface area contributed by atoms with Gasteiger partial charge in [0.2, 0.25) is 5.91 Å². The van der Waals surface area contributed by atoms with Gasteiger partial charge in [0.25, 0.3) is 0 Å². The Bertz CT molecular complexity index is 466. The van der Waals surface area contributed by atoms with Crippen LogP contribution in [0.15, 0.2) is 36.4 Å². The van der Waals surface area contributed by atoms with E-state index in [1.165, 1.54) is 6.08 Å². The van der Waals surface area contributed by atoms with Crippen LogP contribution in [0.4, 0.5) is 5.69 Å². The Morgan fingerprint density at radius 2 is 1.95 bits per heavy atom. The first-order chi connectivity index (χ1) is 9.17. The van der Waals surface area contributed by atoms with Gasteiger partial charge in [-0.1, -0.05) is 32.0 Å². The molecule has 0 unspecified atom stereocenters. The Labute approximate surface area is 113 Å². The summed E-state index contributed by atoms with van der Waals surface area (Å²) >= 11 is 0. The van der Waals surface area contributed by atoms with Gasteiger partial charge in [0.05, 0.1) is 6.61 Å². The van der Waals surface area contributed by atoms with Crippen LogP contribution in [-0.2, 0) is 20.7 Å². The molecule has 1 aromatic carbocycles. The molecule has 0 heterocycles. The molecule has 0 atom stereocenters. The van der Waals surface area contributed by atoms with Crippen molar-refractivity contribution in [2.24, 2.45) is 0 Å². The van der Waals surface area contributed by atoms with Crippen molar-refractivity contribution in [1.82, 2.24) is 0 Å². The molecule has 4 nitrogen and oxygen atoms in total. The minimum Gasteiger partial charge on any atom is -0.463 e. The number of nitrogens with one attached hydrogen (secondary N) is 1. The van der Waals surface area contributed by atoms with Crippen LogP contribution in [0.2, 0.25) is 0 Å². The van der Waals surface area contributed by atoms with Gasteiger partial charge in [0, 0.05) is 17.8 Å². The number of rotatable bonds is 6. The highest BCUT2D eigenvalue weighted by Gasteiger charge is 2.03. The number of esters is 1. The van der Waals surface area contributed by atoms with E-state index in [-0.39, 0.29) is 5.91 Å². The van der Waals surface area contributed by atoms with Crippen LogP contribution in [0.5, 0.6) is 0 Å². The van der Waals surface area contributed by atoms with E-state index in [1.807, 2.05) is 38.1 Å². The van der Waals surface area contributed by atoms with Gasteiger partial charge in [-0.3, -0.25) is 4.79 Å². The third kappa shape index (κ3) is 5.38. The third-order valence-corrected chi connectivity index (χ3v) is 2.48. The largest absolute Gasteiger partial charge is 0.463 e. The molecular weight excluding hydrogens is 242 g/mol. The van der Waals surface area contributed by atoms with Gasteiger partial charge in [-0.05, 0) is 24.5 Å². The molecule has 4 heteroatoms. The second-order valence-electron chi connectivity index (χ2n) is 4.00. The van der Waals surface area contributed by atoms with E-state index in [0.29, 0.717) is 6.61 Å². The standard InChI is InChI=1S/C15H19NO3/c1-3-11-19-15(18)10-9-14(17)16-13-8-6-5-7-12(13)4-2/h5-10H,3-4,11H2,1-2H3,(H,16,17)/b10-9+. The molecule has 1 amide bonds. The number of carbonyl (C=O) groups excluding carboxylic acids is 2. The van der Waals surface area contributed by atoms with Crippen molar-refractivity contribution in [3.05, 3.63) is 42.0 Å². The van der Waals surface area contributed by atoms with Gasteiger partial charge in [0.15, 0.2) is 0 Å². The molecule has 1 rings (SSSR count). The summed E-state index contributed by atoms with van der Waals surface area (Å²) in [5.41, 5.74) is 1.82. The van der Waals surface area contributed by atoms with E-state index in [1.54, 1.807) is 0 Å². The zero-order valence-corrected chi connectivity index (χ0v) is 11.3. The number of ether oxygens (including phenoxy) is 1. The second-order valence-corrected chi connectivity index (χ2v) is 4.00. The summed E-state index contributed by atoms with van der Waals surface area (Å²) in [6.07, 6.45) is 3.92. The average Bonchev–Trinajstić information content (AvgIpc) is 2.43. The van der Waals surface area contributed by atoms with Gasteiger partial charge < -0.3 is 10.1 Å². The Morgan fingerprint density at radius 3 is 2.63 bits per heavy atom. The molecule has 19 heavy (non-hydrogen) atoms. The fourth-order valence-corrected chi connectivity index (χ4v) is 1.52. The molecule has 0 aliphatic rings. The summed E-state index contributed by atoms with van der Waals surface area (Å²) in [5, 5.41) is 2.74. The lowest BCUT2D eigenvalue weighted by Crippen LogP contribution is -2.11. The topological polar surface area (TPSA) is 55.4 Å². The predicted octanol–water partition coefficient (Wildman–Crippen LogP) is 2.70. The van der Waals surface area contributed by atoms with Crippen LogP contribution < -0.4 is 5.32 Å². The molecule has 0 bridgehead atoms. The number of para-hydroxylation sites is 1. The fraction of sp³-hybridized carbons (Fsp3) is 0.333. The van der Waals surface area contributed by atoms with Crippen LogP contribution in [0.1, 0.15) is 25.8 Å². The van der Waals surface area contributed by atoms with Gasteiger partial charge in [-0.15, -0.1) is 0 Å². The summed E-state index contributed by atoms with van der Waals surface area (Å²) in [4.78, 5) is 22.8. The minimum atomic E-state index is -0.499. The van der Waals surface area contributed by atoms with Crippen molar-refractivity contribution in [3.8, 4) is 0 Å². The number of hydrogen-bond acceptors (Lipinski definition) is 3. The highest BCUT2D eigenvalue weighted by Crippen LogP contribution is 2.15. The van der Waals surface area contributed by atoms with E-state index in [4.69, 9.17) is 4.74 Å². The summed E-state index contributed by atoms with van der Waals surface area (Å²) < 4.78 is 4.83. The van der Waals surface area contributed by atoms with E-state index < -0.39 is 5.97 Å². The molecule has 0 saturated heterocycles. The molecule has 102 valence electrons. The maximum atomic E-state index is 11.7. The number of benzene rings is 1. The molecule has 0 fully saturated rings. The summed E-state index contributed by atoms with van der Waals surface area (Å²) in [6.45, 7) is 4.29. The number of amides is 1. The zero-order chi connectivity index (χ0) is 14.1. The highest BCUT2D eigenvalue weighted by atomic mass is 16.5. The molecule has 0 saturated carbocycles. The van der Waals surface area contributed by atoms with Crippen molar-refractivity contribution in [2.45, 2.75) is 26.7 Å². The monoisotopic (exact) mass is 261 g/mol. The van der Waals surface area contributed by atoms with Crippen LogP contribution in [0.3, 0.4) is 0 Å². The Hall–Kier alpha value is -2.10. The SMILES string of the molecule is CCCOC(=O)/C=C/C(=O)Nc1ccccc1CC. The molecule has 0 aliphatic heterocycles. The molecule has 0 aliphatic carbocycles. The van der Waals surface area contributed by atoms with Crippen molar-refractivity contribution < 1.29 is 14.3 Å². The van der Waals surface area contributed by atoms with Crippen LogP contribution in [0, 0.1) is 0 Å². The number of aryl methyl sites for hydroxylation is 1. The Morgan fingerprint density at radius 1 is 1.21 bits per heavy atom. The van der Waals surface area contributed by atoms with E-state index in [0.717, 1.165) is 30.2 Å². The van der Waals surface area contributed by atoms with Gasteiger partial charge in [0.1, 0.15) is 0 Å².